The zero-order valence-corrected chi connectivity index (χ0v) is 11.5. The van der Waals surface area contributed by atoms with Crippen LogP contribution in [0.4, 0.5) is 4.39 Å². The average molecular weight is 279 g/mol. The first-order chi connectivity index (χ1) is 9.56. The van der Waals surface area contributed by atoms with E-state index in [9.17, 15) is 14.0 Å². The quantitative estimate of drug-likeness (QED) is 0.797. The number of halogens is 1. The Kier molecular flexibility index (Phi) is 4.71. The van der Waals surface area contributed by atoms with Crippen molar-refractivity contribution in [3.63, 3.8) is 0 Å². The van der Waals surface area contributed by atoms with Crippen molar-refractivity contribution in [2.24, 2.45) is 5.92 Å². The highest BCUT2D eigenvalue weighted by molar-refractivity contribution is 5.91. The summed E-state index contributed by atoms with van der Waals surface area (Å²) in [6, 6.07) is 5.23. The van der Waals surface area contributed by atoms with Crippen LogP contribution in [0.15, 0.2) is 24.3 Å². The standard InChI is InChI=1S/C15H18FNO3/c1-11-4-3-7-17(9-11)14(18)10-20-15(19)12-5-2-6-13(16)8-12/h2,5-6,8,11H,3-4,7,9-10H2,1H3. The van der Waals surface area contributed by atoms with Gasteiger partial charge in [0.05, 0.1) is 5.56 Å². The van der Waals surface area contributed by atoms with E-state index in [4.69, 9.17) is 4.74 Å². The number of carbonyl (C=O) groups excluding carboxylic acids is 2. The summed E-state index contributed by atoms with van der Waals surface area (Å²) in [5, 5.41) is 0. The lowest BCUT2D eigenvalue weighted by Crippen LogP contribution is -2.41. The molecule has 0 aliphatic carbocycles. The van der Waals surface area contributed by atoms with Crippen LogP contribution in [-0.2, 0) is 9.53 Å². The Bertz CT molecular complexity index is 504. The first kappa shape index (κ1) is 14.5. The van der Waals surface area contributed by atoms with Gasteiger partial charge in [-0.05, 0) is 37.0 Å². The summed E-state index contributed by atoms with van der Waals surface area (Å²) in [4.78, 5) is 25.3. The number of nitrogens with zero attached hydrogens (tertiary/aromatic N) is 1. The zero-order chi connectivity index (χ0) is 14.5. The van der Waals surface area contributed by atoms with E-state index in [1.807, 2.05) is 0 Å². The predicted octanol–water partition coefficient (Wildman–Crippen LogP) is 2.24. The molecule has 1 amide bonds. The van der Waals surface area contributed by atoms with E-state index < -0.39 is 11.8 Å². The van der Waals surface area contributed by atoms with E-state index in [2.05, 4.69) is 6.92 Å². The molecule has 1 fully saturated rings. The fourth-order valence-corrected chi connectivity index (χ4v) is 2.33. The molecule has 0 N–H and O–H groups in total. The number of carbonyl (C=O) groups is 2. The molecule has 1 aromatic rings. The fraction of sp³-hybridized carbons (Fsp3) is 0.467. The number of rotatable bonds is 3. The first-order valence-electron chi connectivity index (χ1n) is 6.76. The number of benzene rings is 1. The molecule has 0 bridgehead atoms. The molecular weight excluding hydrogens is 261 g/mol. The SMILES string of the molecule is CC1CCCN(C(=O)COC(=O)c2cccc(F)c2)C1. The Labute approximate surface area is 117 Å². The van der Waals surface area contributed by atoms with Crippen LogP contribution in [0.5, 0.6) is 0 Å². The Morgan fingerprint density at radius 3 is 2.95 bits per heavy atom. The maximum absolute atomic E-state index is 13.0. The topological polar surface area (TPSA) is 46.6 Å². The highest BCUT2D eigenvalue weighted by Crippen LogP contribution is 2.15. The van der Waals surface area contributed by atoms with E-state index in [0.29, 0.717) is 19.0 Å². The molecule has 0 saturated carbocycles. The van der Waals surface area contributed by atoms with Gasteiger partial charge in [0, 0.05) is 13.1 Å². The minimum absolute atomic E-state index is 0.116. The third kappa shape index (κ3) is 3.79. The number of hydrogen-bond donors (Lipinski definition) is 0. The molecule has 0 spiro atoms. The van der Waals surface area contributed by atoms with Crippen LogP contribution in [-0.4, -0.2) is 36.5 Å². The lowest BCUT2D eigenvalue weighted by Gasteiger charge is -2.30. The van der Waals surface area contributed by atoms with Crippen LogP contribution in [0.2, 0.25) is 0 Å². The molecule has 1 heterocycles. The van der Waals surface area contributed by atoms with Crippen molar-refractivity contribution in [3.8, 4) is 0 Å². The summed E-state index contributed by atoms with van der Waals surface area (Å²) in [6.07, 6.45) is 2.09. The second-order valence-electron chi connectivity index (χ2n) is 5.17. The fourth-order valence-electron chi connectivity index (χ4n) is 2.33. The Morgan fingerprint density at radius 2 is 2.25 bits per heavy atom. The number of ether oxygens (including phenoxy) is 1. The summed E-state index contributed by atoms with van der Waals surface area (Å²) in [6.45, 7) is 3.22. The predicted molar refractivity (Wildman–Crippen MR) is 71.7 cm³/mol. The number of amides is 1. The molecule has 108 valence electrons. The Morgan fingerprint density at radius 1 is 1.45 bits per heavy atom. The van der Waals surface area contributed by atoms with Gasteiger partial charge in [0.25, 0.3) is 5.91 Å². The molecule has 1 aliphatic rings. The van der Waals surface area contributed by atoms with Crippen LogP contribution >= 0.6 is 0 Å². The van der Waals surface area contributed by atoms with Gasteiger partial charge in [0.15, 0.2) is 6.61 Å². The summed E-state index contributed by atoms with van der Waals surface area (Å²) in [7, 11) is 0. The van der Waals surface area contributed by atoms with Crippen LogP contribution in [0.1, 0.15) is 30.1 Å². The molecule has 0 aromatic heterocycles. The summed E-state index contributed by atoms with van der Waals surface area (Å²) < 4.78 is 17.9. The maximum atomic E-state index is 13.0. The van der Waals surface area contributed by atoms with Crippen molar-refractivity contribution < 1.29 is 18.7 Å². The van der Waals surface area contributed by atoms with Gasteiger partial charge in [0.1, 0.15) is 5.82 Å². The second-order valence-corrected chi connectivity index (χ2v) is 5.17. The third-order valence-electron chi connectivity index (χ3n) is 3.40. The second kappa shape index (κ2) is 6.50. The number of hydrogen-bond acceptors (Lipinski definition) is 3. The molecule has 4 nitrogen and oxygen atoms in total. The highest BCUT2D eigenvalue weighted by atomic mass is 19.1. The van der Waals surface area contributed by atoms with Gasteiger partial charge in [0.2, 0.25) is 0 Å². The van der Waals surface area contributed by atoms with Crippen molar-refractivity contribution in [2.45, 2.75) is 19.8 Å². The van der Waals surface area contributed by atoms with Gasteiger partial charge in [-0.1, -0.05) is 13.0 Å². The largest absolute Gasteiger partial charge is 0.452 e. The summed E-state index contributed by atoms with van der Waals surface area (Å²) in [5.41, 5.74) is 0.116. The van der Waals surface area contributed by atoms with Crippen LogP contribution in [0.25, 0.3) is 0 Å². The lowest BCUT2D eigenvalue weighted by molar-refractivity contribution is -0.136. The van der Waals surface area contributed by atoms with Crippen molar-refractivity contribution in [1.29, 1.82) is 0 Å². The minimum Gasteiger partial charge on any atom is -0.452 e. The molecule has 20 heavy (non-hydrogen) atoms. The average Bonchev–Trinajstić information content (AvgIpc) is 2.44. The van der Waals surface area contributed by atoms with Gasteiger partial charge >= 0.3 is 5.97 Å². The van der Waals surface area contributed by atoms with E-state index in [0.717, 1.165) is 18.9 Å². The minimum atomic E-state index is -0.678. The highest BCUT2D eigenvalue weighted by Gasteiger charge is 2.22. The number of likely N-dealkylation sites (tertiary alicyclic amines) is 1. The van der Waals surface area contributed by atoms with Gasteiger partial charge < -0.3 is 9.64 Å². The lowest BCUT2D eigenvalue weighted by atomic mass is 10.0. The van der Waals surface area contributed by atoms with Gasteiger partial charge in [-0.3, -0.25) is 4.79 Å². The van der Waals surface area contributed by atoms with Crippen molar-refractivity contribution in [3.05, 3.63) is 35.6 Å². The monoisotopic (exact) mass is 279 g/mol. The van der Waals surface area contributed by atoms with E-state index >= 15 is 0 Å². The molecule has 1 saturated heterocycles. The van der Waals surface area contributed by atoms with E-state index in [-0.39, 0.29) is 18.1 Å². The molecular formula is C15H18FNO3. The third-order valence-corrected chi connectivity index (χ3v) is 3.40. The molecule has 1 aromatic carbocycles. The van der Waals surface area contributed by atoms with Crippen molar-refractivity contribution >= 4 is 11.9 Å². The molecule has 1 aliphatic heterocycles. The van der Waals surface area contributed by atoms with Gasteiger partial charge in [-0.25, -0.2) is 9.18 Å². The van der Waals surface area contributed by atoms with Crippen LogP contribution in [0, 0.1) is 11.7 Å². The summed E-state index contributed by atoms with van der Waals surface area (Å²) in [5.74, 6) is -0.897. The van der Waals surface area contributed by atoms with Crippen LogP contribution in [0.3, 0.4) is 0 Å². The van der Waals surface area contributed by atoms with Gasteiger partial charge in [-0.2, -0.15) is 0 Å². The van der Waals surface area contributed by atoms with Crippen molar-refractivity contribution in [1.82, 2.24) is 4.90 Å². The Balaban J connectivity index is 1.85. The van der Waals surface area contributed by atoms with Crippen LogP contribution < -0.4 is 0 Å². The zero-order valence-electron chi connectivity index (χ0n) is 11.5. The Hall–Kier alpha value is -1.91. The smallest absolute Gasteiger partial charge is 0.338 e. The summed E-state index contributed by atoms with van der Waals surface area (Å²) >= 11 is 0. The molecule has 1 unspecified atom stereocenters. The van der Waals surface area contributed by atoms with E-state index in [1.54, 1.807) is 4.90 Å². The first-order valence-corrected chi connectivity index (χ1v) is 6.76. The number of piperidine rings is 1. The van der Waals surface area contributed by atoms with Crippen molar-refractivity contribution in [2.75, 3.05) is 19.7 Å². The molecule has 0 radical (unpaired) electrons. The molecule has 2 rings (SSSR count). The van der Waals surface area contributed by atoms with Gasteiger partial charge in [-0.15, -0.1) is 0 Å². The van der Waals surface area contributed by atoms with E-state index in [1.165, 1.54) is 18.2 Å². The number of esters is 1. The molecule has 1 atom stereocenters. The maximum Gasteiger partial charge on any atom is 0.338 e. The normalized spacial score (nSPS) is 18.7. The molecule has 5 heteroatoms.